The minimum atomic E-state index is -3.57. The molecule has 8 heteroatoms. The Labute approximate surface area is 185 Å². The second kappa shape index (κ2) is 11.1. The van der Waals surface area contributed by atoms with Crippen LogP contribution in [0.3, 0.4) is 0 Å². The monoisotopic (exact) mass is 450 g/mol. The van der Waals surface area contributed by atoms with E-state index in [1.807, 2.05) is 12.1 Å². The quantitative estimate of drug-likeness (QED) is 0.461. The number of nitrogens with one attached hydrogen (secondary N) is 1. The van der Waals surface area contributed by atoms with E-state index in [0.717, 1.165) is 50.5 Å². The van der Waals surface area contributed by atoms with Crippen LogP contribution in [0.4, 0.5) is 0 Å². The van der Waals surface area contributed by atoms with Crippen LogP contribution in [-0.4, -0.2) is 50.8 Å². The van der Waals surface area contributed by atoms with E-state index in [0.29, 0.717) is 24.3 Å². The molecule has 1 saturated heterocycles. The molecule has 7 nitrogen and oxygen atoms in total. The van der Waals surface area contributed by atoms with Crippen molar-refractivity contribution in [3.63, 3.8) is 0 Å². The standard InChI is InChI=1S/C23H34N2O5S/c1-2-3-6-13-24-22(26)17-30-23(27)19-11-14-25(15-12-19)31(28,29)21-10-9-18-7-4-5-8-20(18)16-21/h9-10,16,19H,2-8,11-15,17H2,1H3,(H,24,26). The smallest absolute Gasteiger partial charge is 0.309 e. The van der Waals surface area contributed by atoms with Gasteiger partial charge >= 0.3 is 5.97 Å². The van der Waals surface area contributed by atoms with Gasteiger partial charge in [0.05, 0.1) is 10.8 Å². The maximum absolute atomic E-state index is 13.1. The zero-order valence-electron chi connectivity index (χ0n) is 18.4. The molecule has 0 unspecified atom stereocenters. The number of hydrogen-bond acceptors (Lipinski definition) is 5. The van der Waals surface area contributed by atoms with Crippen molar-refractivity contribution < 1.29 is 22.7 Å². The molecule has 0 atom stereocenters. The second-order valence-corrected chi connectivity index (χ2v) is 10.4. The number of amides is 1. The molecule has 0 spiro atoms. The SMILES string of the molecule is CCCCCNC(=O)COC(=O)C1CCN(S(=O)(=O)c2ccc3c(c2)CCCC3)CC1. The van der Waals surface area contributed by atoms with Crippen LogP contribution in [-0.2, 0) is 37.2 Å². The maximum atomic E-state index is 13.1. The van der Waals surface area contributed by atoms with Gasteiger partial charge in [-0.3, -0.25) is 9.59 Å². The van der Waals surface area contributed by atoms with Crippen LogP contribution in [0.1, 0.15) is 63.0 Å². The lowest BCUT2D eigenvalue weighted by molar-refractivity contribution is -0.153. The van der Waals surface area contributed by atoms with Crippen LogP contribution in [0.2, 0.25) is 0 Å². The van der Waals surface area contributed by atoms with Crippen molar-refractivity contribution >= 4 is 21.9 Å². The van der Waals surface area contributed by atoms with Crippen LogP contribution in [0.5, 0.6) is 0 Å². The van der Waals surface area contributed by atoms with E-state index < -0.39 is 16.0 Å². The Morgan fingerprint density at radius 3 is 2.52 bits per heavy atom. The van der Waals surface area contributed by atoms with Crippen LogP contribution in [0.25, 0.3) is 0 Å². The molecule has 1 aliphatic carbocycles. The van der Waals surface area contributed by atoms with E-state index in [1.165, 1.54) is 9.87 Å². The highest BCUT2D eigenvalue weighted by Gasteiger charge is 2.33. The average molecular weight is 451 g/mol. The van der Waals surface area contributed by atoms with Crippen LogP contribution in [0.15, 0.2) is 23.1 Å². The van der Waals surface area contributed by atoms with Gasteiger partial charge in [-0.15, -0.1) is 0 Å². The van der Waals surface area contributed by atoms with Crippen LogP contribution in [0, 0.1) is 5.92 Å². The Hall–Kier alpha value is -1.93. The fourth-order valence-corrected chi connectivity index (χ4v) is 5.78. The number of fused-ring (bicyclic) bond motifs is 1. The molecule has 1 heterocycles. The molecule has 1 aromatic carbocycles. The van der Waals surface area contributed by atoms with Crippen molar-refractivity contribution in [1.29, 1.82) is 0 Å². The van der Waals surface area contributed by atoms with Crippen LogP contribution >= 0.6 is 0 Å². The van der Waals surface area contributed by atoms with Gasteiger partial charge in [0.25, 0.3) is 5.91 Å². The van der Waals surface area contributed by atoms with Crippen molar-refractivity contribution in [3.05, 3.63) is 29.3 Å². The fraction of sp³-hybridized carbons (Fsp3) is 0.652. The summed E-state index contributed by atoms with van der Waals surface area (Å²) in [5.41, 5.74) is 2.39. The van der Waals surface area contributed by atoms with E-state index >= 15 is 0 Å². The molecular weight excluding hydrogens is 416 g/mol. The number of ether oxygens (including phenoxy) is 1. The summed E-state index contributed by atoms with van der Waals surface area (Å²) in [5, 5.41) is 2.74. The summed E-state index contributed by atoms with van der Waals surface area (Å²) in [7, 11) is -3.57. The van der Waals surface area contributed by atoms with Crippen molar-refractivity contribution in [3.8, 4) is 0 Å². The Morgan fingerprint density at radius 2 is 1.81 bits per heavy atom. The Bertz CT molecular complexity index is 876. The van der Waals surface area contributed by atoms with Gasteiger partial charge < -0.3 is 10.1 Å². The summed E-state index contributed by atoms with van der Waals surface area (Å²) in [6.07, 6.45) is 8.04. The van der Waals surface area contributed by atoms with E-state index in [1.54, 1.807) is 6.07 Å². The molecule has 1 aliphatic heterocycles. The number of sulfonamides is 1. The van der Waals surface area contributed by atoms with Gasteiger partial charge in [-0.2, -0.15) is 4.31 Å². The van der Waals surface area contributed by atoms with Gasteiger partial charge in [0.15, 0.2) is 6.61 Å². The first-order valence-electron chi connectivity index (χ1n) is 11.5. The average Bonchev–Trinajstić information content (AvgIpc) is 2.80. The number of rotatable bonds is 9. The van der Waals surface area contributed by atoms with Gasteiger partial charge in [0.1, 0.15) is 0 Å². The third kappa shape index (κ3) is 6.29. The number of unbranched alkanes of at least 4 members (excludes halogenated alkanes) is 2. The molecule has 0 bridgehead atoms. The summed E-state index contributed by atoms with van der Waals surface area (Å²) in [4.78, 5) is 24.4. The highest BCUT2D eigenvalue weighted by molar-refractivity contribution is 7.89. The lowest BCUT2D eigenvalue weighted by Gasteiger charge is -2.30. The third-order valence-corrected chi connectivity index (χ3v) is 8.09. The number of aryl methyl sites for hydroxylation is 2. The zero-order valence-corrected chi connectivity index (χ0v) is 19.2. The summed E-state index contributed by atoms with van der Waals surface area (Å²) >= 11 is 0. The minimum absolute atomic E-state index is 0.279. The number of hydrogen-bond donors (Lipinski definition) is 1. The summed E-state index contributed by atoms with van der Waals surface area (Å²) in [6.45, 7) is 2.96. The predicted octanol–water partition coefficient (Wildman–Crippen LogP) is 2.82. The summed E-state index contributed by atoms with van der Waals surface area (Å²) in [6, 6.07) is 5.47. The molecule has 1 aromatic rings. The molecule has 172 valence electrons. The van der Waals surface area contributed by atoms with Crippen molar-refractivity contribution in [2.24, 2.45) is 5.92 Å². The summed E-state index contributed by atoms with van der Waals surface area (Å²) < 4.78 is 32.7. The fourth-order valence-electron chi connectivity index (χ4n) is 4.26. The van der Waals surface area contributed by atoms with E-state index in [9.17, 15) is 18.0 Å². The normalized spacial score (nSPS) is 17.7. The third-order valence-electron chi connectivity index (χ3n) is 6.19. The number of nitrogens with zero attached hydrogens (tertiary/aromatic N) is 1. The van der Waals surface area contributed by atoms with E-state index in [-0.39, 0.29) is 31.5 Å². The van der Waals surface area contributed by atoms with Gasteiger partial charge in [0.2, 0.25) is 10.0 Å². The Balaban J connectivity index is 1.47. The first-order chi connectivity index (χ1) is 14.9. The van der Waals surface area contributed by atoms with Crippen molar-refractivity contribution in [1.82, 2.24) is 9.62 Å². The molecule has 2 aliphatic rings. The highest BCUT2D eigenvalue weighted by Crippen LogP contribution is 2.28. The first-order valence-corrected chi connectivity index (χ1v) is 12.9. The van der Waals surface area contributed by atoms with E-state index in [2.05, 4.69) is 12.2 Å². The van der Waals surface area contributed by atoms with Gasteiger partial charge in [-0.05, 0) is 68.2 Å². The van der Waals surface area contributed by atoms with Gasteiger partial charge in [-0.1, -0.05) is 25.8 Å². The molecule has 1 amide bonds. The number of benzene rings is 1. The molecular formula is C23H34N2O5S. The Kier molecular flexibility index (Phi) is 8.49. The highest BCUT2D eigenvalue weighted by atomic mass is 32.2. The van der Waals surface area contributed by atoms with Crippen LogP contribution < -0.4 is 5.32 Å². The summed E-state index contributed by atoms with van der Waals surface area (Å²) in [5.74, 6) is -1.09. The number of carbonyl (C=O) groups excluding carboxylic acids is 2. The topological polar surface area (TPSA) is 92.8 Å². The number of piperidine rings is 1. The van der Waals surface area contributed by atoms with Crippen molar-refractivity contribution in [2.75, 3.05) is 26.2 Å². The second-order valence-electron chi connectivity index (χ2n) is 8.48. The molecule has 1 fully saturated rings. The van der Waals surface area contributed by atoms with E-state index in [4.69, 9.17) is 4.74 Å². The molecule has 1 N–H and O–H groups in total. The first kappa shape index (κ1) is 23.7. The van der Waals surface area contributed by atoms with Crippen molar-refractivity contribution in [2.45, 2.75) is 69.6 Å². The Morgan fingerprint density at radius 1 is 1.10 bits per heavy atom. The number of carbonyl (C=O) groups is 2. The lowest BCUT2D eigenvalue weighted by atomic mass is 9.92. The predicted molar refractivity (Wildman–Crippen MR) is 118 cm³/mol. The largest absolute Gasteiger partial charge is 0.455 e. The number of esters is 1. The molecule has 0 aromatic heterocycles. The molecule has 0 radical (unpaired) electrons. The lowest BCUT2D eigenvalue weighted by Crippen LogP contribution is -2.41. The zero-order chi connectivity index (χ0) is 22.3. The van der Waals surface area contributed by atoms with Gasteiger partial charge in [0, 0.05) is 19.6 Å². The molecule has 0 saturated carbocycles. The minimum Gasteiger partial charge on any atom is -0.455 e. The maximum Gasteiger partial charge on any atom is 0.309 e. The molecule has 31 heavy (non-hydrogen) atoms. The molecule has 3 rings (SSSR count). The van der Waals surface area contributed by atoms with Gasteiger partial charge in [-0.25, -0.2) is 8.42 Å².